The van der Waals surface area contributed by atoms with E-state index in [1.165, 1.54) is 18.2 Å². The number of carbonyl (C=O) groups excluding carboxylic acids is 2. The first-order chi connectivity index (χ1) is 17.6. The fourth-order valence-electron chi connectivity index (χ4n) is 3.53. The molecular weight excluding hydrogens is 576 g/mol. The largest absolute Gasteiger partial charge is 0.444 e. The number of esters is 1. The molecule has 2 N–H and O–H groups in total. The lowest BCUT2D eigenvalue weighted by molar-refractivity contribution is -0.125. The summed E-state index contributed by atoms with van der Waals surface area (Å²) in [5.74, 6) is -1.38. The third-order valence-corrected chi connectivity index (χ3v) is 8.90. The summed E-state index contributed by atoms with van der Waals surface area (Å²) in [4.78, 5) is 26.7. The second-order valence-electron chi connectivity index (χ2n) is 8.21. The molecule has 0 aliphatic carbocycles. The fourth-order valence-corrected chi connectivity index (χ4v) is 6.62. The third-order valence-electron chi connectivity index (χ3n) is 5.42. The summed E-state index contributed by atoms with van der Waals surface area (Å²) in [5.41, 5.74) is 2.92. The summed E-state index contributed by atoms with van der Waals surface area (Å²) in [6, 6.07) is 23.5. The van der Waals surface area contributed by atoms with Gasteiger partial charge in [0.1, 0.15) is 4.21 Å². The molecule has 190 valence electrons. The number of aryl methyl sites for hydroxylation is 2. The molecule has 0 radical (unpaired) electrons. The number of rotatable bonds is 8. The Bertz CT molecular complexity index is 1550. The van der Waals surface area contributed by atoms with Crippen LogP contribution in [0.3, 0.4) is 0 Å². The second kappa shape index (κ2) is 11.3. The maximum atomic E-state index is 13.3. The van der Waals surface area contributed by atoms with Crippen molar-refractivity contribution in [2.24, 2.45) is 0 Å². The molecule has 1 heterocycles. The topological polar surface area (TPSA) is 102 Å². The number of amides is 1. The van der Waals surface area contributed by atoms with Gasteiger partial charge >= 0.3 is 5.97 Å². The Morgan fingerprint density at radius 2 is 1.59 bits per heavy atom. The van der Waals surface area contributed by atoms with E-state index >= 15 is 0 Å². The van der Waals surface area contributed by atoms with Crippen LogP contribution in [0.5, 0.6) is 0 Å². The van der Waals surface area contributed by atoms with Gasteiger partial charge in [-0.15, -0.1) is 11.3 Å². The number of halogens is 1. The average molecular weight is 600 g/mol. The standard InChI is InChI=1S/C27H23BrN2O5S2/c1-17-12-13-18(2)22(16-17)29-26(31)25(19-8-4-3-5-9-19)35-27(32)20-10-6-7-11-21(20)30-37(33,34)24-15-14-23(28)36-24/h3-16,25,30H,1-2H3,(H,29,31). The highest BCUT2D eigenvalue weighted by Crippen LogP contribution is 2.30. The van der Waals surface area contributed by atoms with Crippen molar-refractivity contribution in [3.8, 4) is 0 Å². The van der Waals surface area contributed by atoms with E-state index in [1.807, 2.05) is 32.0 Å². The molecule has 1 unspecified atom stereocenters. The molecular formula is C27H23BrN2O5S2. The Morgan fingerprint density at radius 1 is 0.892 bits per heavy atom. The monoisotopic (exact) mass is 598 g/mol. The minimum Gasteiger partial charge on any atom is -0.444 e. The van der Waals surface area contributed by atoms with Crippen LogP contribution in [-0.4, -0.2) is 20.3 Å². The van der Waals surface area contributed by atoms with Gasteiger partial charge in [0.25, 0.3) is 15.9 Å². The number of sulfonamides is 1. The Labute approximate surface area is 227 Å². The highest BCUT2D eigenvalue weighted by Gasteiger charge is 2.28. The van der Waals surface area contributed by atoms with Crippen molar-refractivity contribution in [3.05, 3.63) is 111 Å². The van der Waals surface area contributed by atoms with Gasteiger partial charge in [-0.05, 0) is 71.2 Å². The van der Waals surface area contributed by atoms with Crippen molar-refractivity contribution >= 4 is 60.5 Å². The summed E-state index contributed by atoms with van der Waals surface area (Å²) in [6.07, 6.45) is -1.27. The molecule has 37 heavy (non-hydrogen) atoms. The van der Waals surface area contributed by atoms with E-state index in [9.17, 15) is 18.0 Å². The van der Waals surface area contributed by atoms with Crippen LogP contribution in [0.4, 0.5) is 11.4 Å². The molecule has 0 aliphatic rings. The number of nitrogens with one attached hydrogen (secondary N) is 2. The first kappa shape index (κ1) is 26.6. The normalized spacial score (nSPS) is 12.0. The van der Waals surface area contributed by atoms with Crippen molar-refractivity contribution in [1.82, 2.24) is 0 Å². The van der Waals surface area contributed by atoms with Gasteiger partial charge in [0.2, 0.25) is 6.10 Å². The van der Waals surface area contributed by atoms with Crippen LogP contribution in [0.1, 0.15) is 33.2 Å². The van der Waals surface area contributed by atoms with Crippen LogP contribution < -0.4 is 10.0 Å². The molecule has 4 rings (SSSR count). The van der Waals surface area contributed by atoms with E-state index in [0.717, 1.165) is 22.5 Å². The SMILES string of the molecule is Cc1ccc(C)c(NC(=O)C(OC(=O)c2ccccc2NS(=O)(=O)c2ccc(Br)s2)c2ccccc2)c1. The number of thiophene rings is 1. The van der Waals surface area contributed by atoms with Gasteiger partial charge in [-0.2, -0.15) is 0 Å². The van der Waals surface area contributed by atoms with Crippen molar-refractivity contribution in [2.45, 2.75) is 24.2 Å². The number of para-hydroxylation sites is 1. The highest BCUT2D eigenvalue weighted by atomic mass is 79.9. The van der Waals surface area contributed by atoms with Gasteiger partial charge in [0.15, 0.2) is 0 Å². The predicted molar refractivity (Wildman–Crippen MR) is 148 cm³/mol. The zero-order valence-corrected chi connectivity index (χ0v) is 23.1. The quantitative estimate of drug-likeness (QED) is 0.226. The maximum absolute atomic E-state index is 13.3. The molecule has 0 saturated carbocycles. The number of carbonyl (C=O) groups is 2. The third kappa shape index (κ3) is 6.46. The van der Waals surface area contributed by atoms with Gasteiger partial charge in [-0.1, -0.05) is 54.6 Å². The molecule has 10 heteroatoms. The molecule has 3 aromatic carbocycles. The van der Waals surface area contributed by atoms with Gasteiger partial charge in [-0.25, -0.2) is 13.2 Å². The van der Waals surface area contributed by atoms with Crippen LogP contribution in [-0.2, 0) is 19.6 Å². The van der Waals surface area contributed by atoms with Crippen LogP contribution in [0, 0.1) is 13.8 Å². The molecule has 0 aliphatic heterocycles. The lowest BCUT2D eigenvalue weighted by Crippen LogP contribution is -2.26. The van der Waals surface area contributed by atoms with Crippen LogP contribution in [0.25, 0.3) is 0 Å². The smallest absolute Gasteiger partial charge is 0.341 e. The van der Waals surface area contributed by atoms with Gasteiger partial charge < -0.3 is 10.1 Å². The second-order valence-corrected chi connectivity index (χ2v) is 12.6. The van der Waals surface area contributed by atoms with Crippen molar-refractivity contribution in [2.75, 3.05) is 10.0 Å². The molecule has 0 bridgehead atoms. The van der Waals surface area contributed by atoms with Crippen molar-refractivity contribution in [1.29, 1.82) is 0 Å². The molecule has 1 amide bonds. The van der Waals surface area contributed by atoms with E-state index in [4.69, 9.17) is 4.74 Å². The highest BCUT2D eigenvalue weighted by molar-refractivity contribution is 9.11. The molecule has 4 aromatic rings. The Morgan fingerprint density at radius 3 is 2.30 bits per heavy atom. The Hall–Kier alpha value is -3.47. The number of anilines is 2. The first-order valence-corrected chi connectivity index (χ1v) is 14.2. The van der Waals surface area contributed by atoms with Gasteiger partial charge in [0.05, 0.1) is 15.0 Å². The fraction of sp³-hybridized carbons (Fsp3) is 0.111. The molecule has 0 fully saturated rings. The molecule has 0 spiro atoms. The van der Waals surface area contributed by atoms with Crippen LogP contribution >= 0.6 is 27.3 Å². The summed E-state index contributed by atoms with van der Waals surface area (Å²) in [5, 5.41) is 2.85. The maximum Gasteiger partial charge on any atom is 0.341 e. The molecule has 1 aromatic heterocycles. The Balaban J connectivity index is 1.62. The van der Waals surface area contributed by atoms with Crippen molar-refractivity contribution < 1.29 is 22.7 Å². The first-order valence-electron chi connectivity index (χ1n) is 11.2. The minimum absolute atomic E-state index is 0.0258. The number of benzene rings is 3. The predicted octanol–water partition coefficient (Wildman–Crippen LogP) is 6.47. The number of ether oxygens (including phenoxy) is 1. The lowest BCUT2D eigenvalue weighted by Gasteiger charge is -2.20. The van der Waals surface area contributed by atoms with E-state index in [1.54, 1.807) is 48.5 Å². The van der Waals surface area contributed by atoms with Gasteiger partial charge in [0, 0.05) is 11.3 Å². The van der Waals surface area contributed by atoms with Crippen LogP contribution in [0.2, 0.25) is 0 Å². The molecule has 0 saturated heterocycles. The Kier molecular flexibility index (Phi) is 8.11. The number of hydrogen-bond donors (Lipinski definition) is 2. The summed E-state index contributed by atoms with van der Waals surface area (Å²) in [6.45, 7) is 3.78. The molecule has 1 atom stereocenters. The molecule has 7 nitrogen and oxygen atoms in total. The van der Waals surface area contributed by atoms with Crippen LogP contribution in [0.15, 0.2) is 92.9 Å². The zero-order chi connectivity index (χ0) is 26.6. The minimum atomic E-state index is -3.94. The van der Waals surface area contributed by atoms with E-state index < -0.39 is 28.0 Å². The van der Waals surface area contributed by atoms with Gasteiger partial charge in [-0.3, -0.25) is 9.52 Å². The van der Waals surface area contributed by atoms with E-state index in [-0.39, 0.29) is 15.5 Å². The van der Waals surface area contributed by atoms with E-state index in [2.05, 4.69) is 26.0 Å². The summed E-state index contributed by atoms with van der Waals surface area (Å²) < 4.78 is 34.6. The average Bonchev–Trinajstić information content (AvgIpc) is 3.32. The van der Waals surface area contributed by atoms with Crippen molar-refractivity contribution in [3.63, 3.8) is 0 Å². The summed E-state index contributed by atoms with van der Waals surface area (Å²) in [7, 11) is -3.94. The number of hydrogen-bond acceptors (Lipinski definition) is 6. The lowest BCUT2D eigenvalue weighted by atomic mass is 10.1. The summed E-state index contributed by atoms with van der Waals surface area (Å²) >= 11 is 4.30. The zero-order valence-electron chi connectivity index (χ0n) is 19.9. The van der Waals surface area contributed by atoms with E-state index in [0.29, 0.717) is 15.0 Å².